The van der Waals surface area contributed by atoms with Gasteiger partial charge in [-0.15, -0.1) is 0 Å². The molecule has 0 bridgehead atoms. The SMILES string of the molecule is CCCCCCCCCCCCCCCCN(CCCCCCCCCCCCCCCC)CCN=C(NC(=O)OC(C)(C)C)NC(=O)OC(C)(C)C. The van der Waals surface area contributed by atoms with E-state index in [1.54, 1.807) is 41.5 Å². The number of aliphatic imine (C=N–C) groups is 1. The van der Waals surface area contributed by atoms with E-state index in [-0.39, 0.29) is 5.96 Å². The van der Waals surface area contributed by atoms with Gasteiger partial charge < -0.3 is 14.4 Å². The van der Waals surface area contributed by atoms with Crippen LogP contribution in [-0.4, -0.2) is 60.4 Å². The molecule has 8 heteroatoms. The predicted octanol–water partition coefficient (Wildman–Crippen LogP) is 13.7. The number of hydrogen-bond acceptors (Lipinski definition) is 6. The van der Waals surface area contributed by atoms with Crippen LogP contribution in [0.5, 0.6) is 0 Å². The molecule has 0 saturated heterocycles. The molecule has 2 amide bonds. The van der Waals surface area contributed by atoms with E-state index in [2.05, 4.69) is 34.4 Å². The molecule has 0 fully saturated rings. The molecule has 0 aliphatic rings. The first-order valence-electron chi connectivity index (χ1n) is 22.6. The molecule has 0 atom stereocenters. The van der Waals surface area contributed by atoms with Crippen LogP contribution in [-0.2, 0) is 9.47 Å². The second kappa shape index (κ2) is 34.6. The van der Waals surface area contributed by atoms with E-state index in [1.165, 1.54) is 180 Å². The van der Waals surface area contributed by atoms with E-state index in [9.17, 15) is 9.59 Å². The average molecular weight is 751 g/mol. The van der Waals surface area contributed by atoms with Crippen LogP contribution in [0.2, 0.25) is 0 Å². The second-order valence-corrected chi connectivity index (χ2v) is 17.5. The third-order valence-corrected chi connectivity index (χ3v) is 9.58. The van der Waals surface area contributed by atoms with E-state index >= 15 is 0 Å². The van der Waals surface area contributed by atoms with Crippen LogP contribution in [0.3, 0.4) is 0 Å². The van der Waals surface area contributed by atoms with Gasteiger partial charge in [0.15, 0.2) is 0 Å². The summed E-state index contributed by atoms with van der Waals surface area (Å²) in [4.78, 5) is 32.2. The summed E-state index contributed by atoms with van der Waals surface area (Å²) in [6.45, 7) is 18.7. The molecular weight excluding hydrogens is 661 g/mol. The molecule has 0 aliphatic carbocycles. The standard InChI is InChI=1S/C45H90N4O4/c1-9-11-13-15-17-19-21-23-25-27-29-31-33-35-38-49(39-36-34-32-30-28-26-24-22-20-18-16-14-12-10-2)40-37-46-41(47-42(50)52-44(3,4)5)48-43(51)53-45(6,7)8/h9-40H2,1-8H3,(H2,46,47,48,50,51). The normalized spacial score (nSPS) is 11.9. The fraction of sp³-hybridized carbons (Fsp3) is 0.933. The molecule has 0 radical (unpaired) electrons. The molecule has 0 spiro atoms. The molecule has 0 aromatic rings. The van der Waals surface area contributed by atoms with Crippen molar-refractivity contribution in [1.29, 1.82) is 0 Å². The number of ether oxygens (including phenoxy) is 2. The minimum Gasteiger partial charge on any atom is -0.444 e. The lowest BCUT2D eigenvalue weighted by Crippen LogP contribution is -2.47. The number of carbonyl (C=O) groups is 2. The fourth-order valence-corrected chi connectivity index (χ4v) is 6.61. The van der Waals surface area contributed by atoms with E-state index in [0.717, 1.165) is 19.6 Å². The van der Waals surface area contributed by atoms with Gasteiger partial charge in [-0.2, -0.15) is 0 Å². The van der Waals surface area contributed by atoms with Gasteiger partial charge in [0.2, 0.25) is 5.96 Å². The Labute approximate surface area is 329 Å². The second-order valence-electron chi connectivity index (χ2n) is 17.5. The highest BCUT2D eigenvalue weighted by Crippen LogP contribution is 2.15. The lowest BCUT2D eigenvalue weighted by molar-refractivity contribution is 0.0545. The van der Waals surface area contributed by atoms with Gasteiger partial charge in [0.05, 0.1) is 6.54 Å². The third-order valence-electron chi connectivity index (χ3n) is 9.58. The number of amides is 2. The number of guanidine groups is 1. The summed E-state index contributed by atoms with van der Waals surface area (Å²) in [6, 6.07) is 0. The number of nitrogens with zero attached hydrogens (tertiary/aromatic N) is 2. The number of nitrogens with one attached hydrogen (secondary N) is 2. The van der Waals surface area contributed by atoms with Gasteiger partial charge in [-0.3, -0.25) is 15.6 Å². The molecule has 314 valence electrons. The zero-order valence-corrected chi connectivity index (χ0v) is 36.7. The monoisotopic (exact) mass is 751 g/mol. The molecule has 8 nitrogen and oxygen atoms in total. The molecule has 0 saturated carbocycles. The van der Waals surface area contributed by atoms with Crippen LogP contribution in [0, 0.1) is 0 Å². The lowest BCUT2D eigenvalue weighted by Gasteiger charge is -2.23. The van der Waals surface area contributed by atoms with Crippen LogP contribution in [0.4, 0.5) is 9.59 Å². The van der Waals surface area contributed by atoms with Gasteiger partial charge >= 0.3 is 12.2 Å². The van der Waals surface area contributed by atoms with Crippen molar-refractivity contribution in [1.82, 2.24) is 15.5 Å². The highest BCUT2D eigenvalue weighted by atomic mass is 16.6. The molecule has 0 aromatic carbocycles. The number of rotatable bonds is 33. The summed E-state index contributed by atoms with van der Waals surface area (Å²) in [6.07, 6.45) is 36.8. The Bertz CT molecular complexity index is 817. The zero-order chi connectivity index (χ0) is 39.5. The summed E-state index contributed by atoms with van der Waals surface area (Å²) >= 11 is 0. The molecule has 0 aliphatic heterocycles. The average Bonchev–Trinajstić information content (AvgIpc) is 3.06. The number of carbonyl (C=O) groups excluding carboxylic acids is 2. The first-order chi connectivity index (χ1) is 25.4. The van der Waals surface area contributed by atoms with Crippen molar-refractivity contribution in [3.63, 3.8) is 0 Å². The van der Waals surface area contributed by atoms with Crippen LogP contribution in [0.25, 0.3) is 0 Å². The van der Waals surface area contributed by atoms with Gasteiger partial charge in [0.1, 0.15) is 11.2 Å². The largest absolute Gasteiger partial charge is 0.444 e. The molecule has 0 rings (SSSR count). The van der Waals surface area contributed by atoms with E-state index < -0.39 is 23.4 Å². The summed E-state index contributed by atoms with van der Waals surface area (Å²) in [7, 11) is 0. The van der Waals surface area contributed by atoms with Gasteiger partial charge in [-0.05, 0) is 67.5 Å². The van der Waals surface area contributed by atoms with Crippen LogP contribution < -0.4 is 10.6 Å². The van der Waals surface area contributed by atoms with Crippen molar-refractivity contribution in [2.45, 2.75) is 246 Å². The van der Waals surface area contributed by atoms with Gasteiger partial charge in [-0.1, -0.05) is 181 Å². The Morgan fingerprint density at radius 1 is 0.434 bits per heavy atom. The molecular formula is C45H90N4O4. The minimum absolute atomic E-state index is 0.0569. The summed E-state index contributed by atoms with van der Waals surface area (Å²) in [5.74, 6) is 0.0569. The predicted molar refractivity (Wildman–Crippen MR) is 228 cm³/mol. The molecule has 0 heterocycles. The smallest absolute Gasteiger partial charge is 0.414 e. The Morgan fingerprint density at radius 3 is 0.962 bits per heavy atom. The van der Waals surface area contributed by atoms with Crippen LogP contribution >= 0.6 is 0 Å². The van der Waals surface area contributed by atoms with Crippen LogP contribution in [0.1, 0.15) is 235 Å². The number of hydrogen-bond donors (Lipinski definition) is 2. The van der Waals surface area contributed by atoms with E-state index in [0.29, 0.717) is 6.54 Å². The number of alkyl carbamates (subject to hydrolysis) is 2. The van der Waals surface area contributed by atoms with Crippen molar-refractivity contribution < 1.29 is 19.1 Å². The van der Waals surface area contributed by atoms with Crippen molar-refractivity contribution in [3.8, 4) is 0 Å². The highest BCUT2D eigenvalue weighted by Gasteiger charge is 2.21. The Hall–Kier alpha value is -1.83. The lowest BCUT2D eigenvalue weighted by atomic mass is 10.0. The maximum atomic E-state index is 12.5. The van der Waals surface area contributed by atoms with Gasteiger partial charge in [-0.25, -0.2) is 9.59 Å². The maximum Gasteiger partial charge on any atom is 0.414 e. The maximum absolute atomic E-state index is 12.5. The zero-order valence-electron chi connectivity index (χ0n) is 36.7. The Morgan fingerprint density at radius 2 is 0.698 bits per heavy atom. The van der Waals surface area contributed by atoms with E-state index in [1.807, 2.05) is 0 Å². The van der Waals surface area contributed by atoms with Crippen molar-refractivity contribution >= 4 is 18.1 Å². The summed E-state index contributed by atoms with van der Waals surface area (Å²) < 4.78 is 10.8. The quantitative estimate of drug-likeness (QED) is 0.0396. The van der Waals surface area contributed by atoms with Crippen molar-refractivity contribution in [2.75, 3.05) is 26.2 Å². The minimum atomic E-state index is -0.668. The molecule has 0 aromatic heterocycles. The summed E-state index contributed by atoms with van der Waals surface area (Å²) in [5, 5.41) is 5.24. The molecule has 2 N–H and O–H groups in total. The van der Waals surface area contributed by atoms with Crippen LogP contribution in [0.15, 0.2) is 4.99 Å². The topological polar surface area (TPSA) is 92.3 Å². The first kappa shape index (κ1) is 51.2. The molecule has 0 unspecified atom stereocenters. The molecule has 53 heavy (non-hydrogen) atoms. The van der Waals surface area contributed by atoms with Gasteiger partial charge in [0, 0.05) is 6.54 Å². The number of unbranched alkanes of at least 4 members (excludes halogenated alkanes) is 26. The Kier molecular flexibility index (Phi) is 33.4. The Balaban J connectivity index is 4.77. The van der Waals surface area contributed by atoms with E-state index in [4.69, 9.17) is 9.47 Å². The summed E-state index contributed by atoms with van der Waals surface area (Å²) in [5.41, 5.74) is -1.34. The van der Waals surface area contributed by atoms with Crippen molar-refractivity contribution in [3.05, 3.63) is 0 Å². The van der Waals surface area contributed by atoms with Crippen molar-refractivity contribution in [2.24, 2.45) is 4.99 Å². The van der Waals surface area contributed by atoms with Gasteiger partial charge in [0.25, 0.3) is 0 Å². The highest BCUT2D eigenvalue weighted by molar-refractivity contribution is 6.01. The first-order valence-corrected chi connectivity index (χ1v) is 22.6. The fourth-order valence-electron chi connectivity index (χ4n) is 6.61. The third kappa shape index (κ3) is 39.7.